The molecule has 0 spiro atoms. The lowest BCUT2D eigenvalue weighted by Crippen LogP contribution is -2.48. The maximum absolute atomic E-state index is 6.38. The molecule has 2 heterocycles. The Kier molecular flexibility index (Phi) is 14.5. The molecule has 5 heteroatoms. The predicted octanol–water partition coefficient (Wildman–Crippen LogP) is 7.41. The molecule has 2 unspecified atom stereocenters. The van der Waals surface area contributed by atoms with Gasteiger partial charge in [-0.05, 0) is 51.2 Å². The Labute approximate surface area is 203 Å². The van der Waals surface area contributed by atoms with Gasteiger partial charge in [0, 0.05) is 13.1 Å². The van der Waals surface area contributed by atoms with Gasteiger partial charge in [0.05, 0.1) is 0 Å². The Bertz CT molecular complexity index is 544. The van der Waals surface area contributed by atoms with Gasteiger partial charge in [0.25, 0.3) is 12.8 Å². The van der Waals surface area contributed by atoms with E-state index < -0.39 is 12.8 Å². The molecular formula is C28H50N2O3. The summed E-state index contributed by atoms with van der Waals surface area (Å²) in [6.45, 7) is 6.43. The van der Waals surface area contributed by atoms with E-state index in [-0.39, 0.29) is 0 Å². The van der Waals surface area contributed by atoms with Crippen molar-refractivity contribution in [3.8, 4) is 11.5 Å². The van der Waals surface area contributed by atoms with Crippen molar-refractivity contribution >= 4 is 0 Å². The van der Waals surface area contributed by atoms with Gasteiger partial charge in [-0.25, -0.2) is 9.80 Å². The van der Waals surface area contributed by atoms with E-state index in [1.165, 1.54) is 77.0 Å². The lowest BCUT2D eigenvalue weighted by molar-refractivity contribution is -0.278. The first-order chi connectivity index (χ1) is 16.1. The first-order valence-corrected chi connectivity index (χ1v) is 13.6. The standard InChI is InChI=1S/C28H50N2O3/c1-5-7-9-11-13-15-17-23-29(3)27-31-25-19-21-26(22-20-25)32-28(33-27)30(4)24-18-16-14-12-10-8-6-2/h19-22,27-28H,5-18,23-24H2,1-4H3. The third-order valence-corrected chi connectivity index (χ3v) is 6.48. The number of nitrogens with zero attached hydrogens (tertiary/aromatic N) is 2. The molecule has 0 saturated carbocycles. The summed E-state index contributed by atoms with van der Waals surface area (Å²) in [5.74, 6) is 1.63. The zero-order valence-corrected chi connectivity index (χ0v) is 21.9. The van der Waals surface area contributed by atoms with E-state index >= 15 is 0 Å². The summed E-state index contributed by atoms with van der Waals surface area (Å²) >= 11 is 0. The number of fused-ring (bicyclic) bond motifs is 6. The molecule has 190 valence electrons. The molecule has 0 radical (unpaired) electrons. The van der Waals surface area contributed by atoms with Crippen LogP contribution in [0.2, 0.25) is 0 Å². The van der Waals surface area contributed by atoms with Crippen LogP contribution in [0.4, 0.5) is 0 Å². The van der Waals surface area contributed by atoms with Crippen molar-refractivity contribution in [3.63, 3.8) is 0 Å². The van der Waals surface area contributed by atoms with Crippen LogP contribution in [-0.2, 0) is 4.74 Å². The van der Waals surface area contributed by atoms with Crippen LogP contribution in [-0.4, -0.2) is 49.8 Å². The Morgan fingerprint density at radius 1 is 0.545 bits per heavy atom. The molecular weight excluding hydrogens is 412 g/mol. The van der Waals surface area contributed by atoms with E-state index in [9.17, 15) is 0 Å². The van der Waals surface area contributed by atoms with Crippen molar-refractivity contribution in [2.75, 3.05) is 27.2 Å². The second-order valence-corrected chi connectivity index (χ2v) is 9.66. The fourth-order valence-corrected chi connectivity index (χ4v) is 4.22. The Hall–Kier alpha value is -1.30. The monoisotopic (exact) mass is 462 g/mol. The average Bonchev–Trinajstić information content (AvgIpc) is 2.97. The van der Waals surface area contributed by atoms with Crippen molar-refractivity contribution in [1.82, 2.24) is 9.80 Å². The molecule has 3 rings (SSSR count). The van der Waals surface area contributed by atoms with Crippen molar-refractivity contribution in [1.29, 1.82) is 0 Å². The number of ether oxygens (including phenoxy) is 3. The summed E-state index contributed by atoms with van der Waals surface area (Å²) in [5, 5.41) is 0. The summed E-state index contributed by atoms with van der Waals surface area (Å²) in [6, 6.07) is 7.86. The minimum atomic E-state index is -0.465. The molecule has 2 aliphatic rings. The van der Waals surface area contributed by atoms with Crippen LogP contribution < -0.4 is 9.47 Å². The molecule has 0 amide bonds. The molecule has 2 bridgehead atoms. The van der Waals surface area contributed by atoms with E-state index in [1.807, 2.05) is 24.3 Å². The Morgan fingerprint density at radius 3 is 1.24 bits per heavy atom. The fraction of sp³-hybridized carbons (Fsp3) is 0.786. The van der Waals surface area contributed by atoms with Gasteiger partial charge in [-0.3, -0.25) is 4.74 Å². The Morgan fingerprint density at radius 2 is 0.879 bits per heavy atom. The number of hydrogen-bond donors (Lipinski definition) is 0. The van der Waals surface area contributed by atoms with Crippen LogP contribution in [0.3, 0.4) is 0 Å². The molecule has 0 aliphatic carbocycles. The van der Waals surface area contributed by atoms with Gasteiger partial charge in [-0.1, -0.05) is 90.9 Å². The van der Waals surface area contributed by atoms with Crippen LogP contribution in [0.1, 0.15) is 104 Å². The smallest absolute Gasteiger partial charge is 0.265 e. The van der Waals surface area contributed by atoms with Crippen molar-refractivity contribution < 1.29 is 14.2 Å². The molecule has 0 fully saturated rings. The maximum Gasteiger partial charge on any atom is 0.265 e. The molecule has 5 nitrogen and oxygen atoms in total. The van der Waals surface area contributed by atoms with Crippen molar-refractivity contribution in [3.05, 3.63) is 24.3 Å². The number of hydrogen-bond acceptors (Lipinski definition) is 5. The third-order valence-electron chi connectivity index (χ3n) is 6.48. The van der Waals surface area contributed by atoms with E-state index in [1.54, 1.807) is 0 Å². The van der Waals surface area contributed by atoms with E-state index in [0.29, 0.717) is 0 Å². The van der Waals surface area contributed by atoms with Gasteiger partial charge >= 0.3 is 0 Å². The highest BCUT2D eigenvalue weighted by molar-refractivity contribution is 5.31. The lowest BCUT2D eigenvalue weighted by atomic mass is 10.1. The van der Waals surface area contributed by atoms with Crippen LogP contribution in [0.5, 0.6) is 11.5 Å². The first-order valence-electron chi connectivity index (χ1n) is 13.6. The minimum Gasteiger partial charge on any atom is -0.451 e. The van der Waals surface area contributed by atoms with Crippen LogP contribution in [0.25, 0.3) is 0 Å². The van der Waals surface area contributed by atoms with Crippen molar-refractivity contribution in [2.24, 2.45) is 0 Å². The van der Waals surface area contributed by atoms with E-state index in [2.05, 4.69) is 37.7 Å². The van der Waals surface area contributed by atoms with Gasteiger partial charge in [0.2, 0.25) is 0 Å². The topological polar surface area (TPSA) is 34.2 Å². The van der Waals surface area contributed by atoms with Gasteiger partial charge < -0.3 is 9.47 Å². The fourth-order valence-electron chi connectivity index (χ4n) is 4.22. The highest BCUT2D eigenvalue weighted by Gasteiger charge is 2.28. The van der Waals surface area contributed by atoms with Crippen LogP contribution in [0, 0.1) is 0 Å². The van der Waals surface area contributed by atoms with E-state index in [4.69, 9.17) is 14.2 Å². The second kappa shape index (κ2) is 17.2. The molecule has 1 aromatic rings. The first kappa shape index (κ1) is 27.9. The average molecular weight is 463 g/mol. The largest absolute Gasteiger partial charge is 0.451 e. The molecule has 1 aromatic carbocycles. The third kappa shape index (κ3) is 11.6. The molecule has 0 N–H and O–H groups in total. The lowest BCUT2D eigenvalue weighted by Gasteiger charge is -2.34. The minimum absolute atomic E-state index is 0.465. The van der Waals surface area contributed by atoms with Crippen LogP contribution in [0.15, 0.2) is 24.3 Å². The molecule has 0 saturated heterocycles. The van der Waals surface area contributed by atoms with Gasteiger partial charge in [-0.15, -0.1) is 0 Å². The SMILES string of the molecule is CCCCCCCCCN(C)C1Oc2ccc(cc2)OC(N(C)CCCCCCCCC)O1. The zero-order chi connectivity index (χ0) is 23.7. The number of unbranched alkanes of at least 4 members (excludes halogenated alkanes) is 12. The van der Waals surface area contributed by atoms with Crippen molar-refractivity contribution in [2.45, 2.75) is 117 Å². The van der Waals surface area contributed by atoms with Crippen LogP contribution >= 0.6 is 0 Å². The zero-order valence-electron chi connectivity index (χ0n) is 21.9. The summed E-state index contributed by atoms with van der Waals surface area (Å²) < 4.78 is 18.8. The quantitative estimate of drug-likeness (QED) is 0.212. The molecule has 2 aliphatic heterocycles. The van der Waals surface area contributed by atoms with Gasteiger partial charge in [0.1, 0.15) is 11.5 Å². The van der Waals surface area contributed by atoms with E-state index in [0.717, 1.165) is 37.4 Å². The normalized spacial score (nSPS) is 18.1. The summed E-state index contributed by atoms with van der Waals surface area (Å²) in [7, 11) is 4.17. The summed E-state index contributed by atoms with van der Waals surface area (Å²) in [4.78, 5) is 4.34. The summed E-state index contributed by atoms with van der Waals surface area (Å²) in [6.07, 6.45) is 17.3. The predicted molar refractivity (Wildman–Crippen MR) is 138 cm³/mol. The summed E-state index contributed by atoms with van der Waals surface area (Å²) in [5.41, 5.74) is 0. The second-order valence-electron chi connectivity index (χ2n) is 9.66. The highest BCUT2D eigenvalue weighted by atomic mass is 16.8. The van der Waals surface area contributed by atoms with Gasteiger partial charge in [0.15, 0.2) is 0 Å². The maximum atomic E-state index is 6.38. The van der Waals surface area contributed by atoms with Gasteiger partial charge in [-0.2, -0.15) is 0 Å². The molecule has 33 heavy (non-hydrogen) atoms. The number of rotatable bonds is 18. The molecule has 2 atom stereocenters. The highest BCUT2D eigenvalue weighted by Crippen LogP contribution is 2.25. The molecule has 0 aromatic heterocycles. The number of benzene rings is 1. The Balaban J connectivity index is 1.81.